The second-order valence-electron chi connectivity index (χ2n) is 4.81. The van der Waals surface area contributed by atoms with Gasteiger partial charge in [0, 0.05) is 33.7 Å². The Labute approximate surface area is 129 Å². The van der Waals surface area contributed by atoms with Crippen LogP contribution in [0.5, 0.6) is 0 Å². The molecule has 0 aliphatic carbocycles. The molecule has 2 amide bonds. The van der Waals surface area contributed by atoms with E-state index in [1.807, 2.05) is 6.92 Å². The summed E-state index contributed by atoms with van der Waals surface area (Å²) in [5, 5.41) is 9.90. The van der Waals surface area contributed by atoms with Crippen molar-refractivity contribution in [3.8, 4) is 0 Å². The minimum atomic E-state index is -0.299. The van der Waals surface area contributed by atoms with E-state index in [0.29, 0.717) is 25.3 Å². The number of aryl methyl sites for hydroxylation is 1. The van der Waals surface area contributed by atoms with E-state index in [1.54, 1.807) is 14.1 Å². The van der Waals surface area contributed by atoms with Gasteiger partial charge in [0.05, 0.1) is 11.9 Å². The van der Waals surface area contributed by atoms with Gasteiger partial charge in [-0.15, -0.1) is 0 Å². The minimum absolute atomic E-state index is 0.125. The number of hydrogen-bond acceptors (Lipinski definition) is 4. The highest BCUT2D eigenvalue weighted by molar-refractivity contribution is 6.32. The van der Waals surface area contributed by atoms with E-state index in [4.69, 9.17) is 11.6 Å². The predicted octanol–water partition coefficient (Wildman–Crippen LogP) is 1.38. The molecule has 0 aromatic carbocycles. The molecule has 1 rings (SSSR count). The number of amides is 2. The summed E-state index contributed by atoms with van der Waals surface area (Å²) < 4.78 is 1.37. The van der Waals surface area contributed by atoms with E-state index in [0.717, 1.165) is 12.8 Å². The Hall–Kier alpha value is -1.76. The third-order valence-electron chi connectivity index (χ3n) is 2.83. The number of nitrogens with zero attached hydrogens (tertiary/aromatic N) is 3. The lowest BCUT2D eigenvalue weighted by Crippen LogP contribution is -2.37. The molecule has 0 aliphatic rings. The maximum Gasteiger partial charge on any atom is 0.316 e. The summed E-state index contributed by atoms with van der Waals surface area (Å²) in [6.45, 7) is 3.49. The third-order valence-corrected chi connectivity index (χ3v) is 3.20. The topological polar surface area (TPSA) is 79.3 Å². The lowest BCUT2D eigenvalue weighted by atomic mass is 10.3. The van der Waals surface area contributed by atoms with Crippen LogP contribution in [0.3, 0.4) is 0 Å². The average molecular weight is 316 g/mol. The third kappa shape index (κ3) is 5.26. The van der Waals surface area contributed by atoms with E-state index in [1.165, 1.54) is 15.8 Å². The van der Waals surface area contributed by atoms with Crippen molar-refractivity contribution in [2.24, 2.45) is 0 Å². The molecule has 1 aromatic rings. The molecule has 0 bridgehead atoms. The fourth-order valence-electron chi connectivity index (χ4n) is 1.58. The fraction of sp³-hybridized carbons (Fsp3) is 0.615. The van der Waals surface area contributed by atoms with Gasteiger partial charge in [0.15, 0.2) is 0 Å². The zero-order chi connectivity index (χ0) is 15.8. The number of carbonyl (C=O) groups excluding carboxylic acids is 1. The molecule has 0 fully saturated rings. The standard InChI is InChI=1S/C13H22ClN5O2/c1-4-5-8-19-12(20)11(14)10(9-17-19)15-6-7-16-13(21)18(2)3/h9,15H,4-8H2,1-3H3,(H,16,21). The summed E-state index contributed by atoms with van der Waals surface area (Å²) in [6, 6.07) is -0.170. The number of urea groups is 1. The molecule has 0 atom stereocenters. The average Bonchev–Trinajstić information content (AvgIpc) is 2.46. The second kappa shape index (κ2) is 8.51. The van der Waals surface area contributed by atoms with Crippen LogP contribution in [0.2, 0.25) is 5.02 Å². The van der Waals surface area contributed by atoms with Crippen LogP contribution < -0.4 is 16.2 Å². The first-order valence-electron chi connectivity index (χ1n) is 6.92. The number of nitrogens with one attached hydrogen (secondary N) is 2. The molecule has 0 aliphatic heterocycles. The molecule has 8 heteroatoms. The quantitative estimate of drug-likeness (QED) is 0.745. The zero-order valence-electron chi connectivity index (χ0n) is 12.6. The predicted molar refractivity (Wildman–Crippen MR) is 84.0 cm³/mol. The highest BCUT2D eigenvalue weighted by atomic mass is 35.5. The SMILES string of the molecule is CCCCn1ncc(NCCNC(=O)N(C)C)c(Cl)c1=O. The van der Waals surface area contributed by atoms with Crippen LogP contribution in [0.1, 0.15) is 19.8 Å². The molecule has 0 radical (unpaired) electrons. The summed E-state index contributed by atoms with van der Waals surface area (Å²) >= 11 is 6.04. The number of unbranched alkanes of at least 4 members (excludes halogenated alkanes) is 1. The van der Waals surface area contributed by atoms with Crippen molar-refractivity contribution in [1.29, 1.82) is 0 Å². The van der Waals surface area contributed by atoms with Crippen LogP contribution in [0.4, 0.5) is 10.5 Å². The van der Waals surface area contributed by atoms with Gasteiger partial charge in [-0.05, 0) is 6.42 Å². The molecular weight excluding hydrogens is 294 g/mol. The van der Waals surface area contributed by atoms with E-state index in [-0.39, 0.29) is 16.6 Å². The van der Waals surface area contributed by atoms with Gasteiger partial charge in [-0.25, -0.2) is 9.48 Å². The van der Waals surface area contributed by atoms with Crippen molar-refractivity contribution in [2.75, 3.05) is 32.5 Å². The number of anilines is 1. The van der Waals surface area contributed by atoms with Gasteiger partial charge < -0.3 is 15.5 Å². The molecule has 21 heavy (non-hydrogen) atoms. The molecule has 2 N–H and O–H groups in total. The summed E-state index contributed by atoms with van der Waals surface area (Å²) in [5.74, 6) is 0. The van der Waals surface area contributed by atoms with E-state index >= 15 is 0 Å². The Kier molecular flexibility index (Phi) is 7.01. The highest BCUT2D eigenvalue weighted by Crippen LogP contribution is 2.14. The maximum atomic E-state index is 12.0. The summed E-state index contributed by atoms with van der Waals surface area (Å²) in [6.07, 6.45) is 3.40. The van der Waals surface area contributed by atoms with Gasteiger partial charge in [-0.3, -0.25) is 4.79 Å². The first-order chi connectivity index (χ1) is 9.97. The monoisotopic (exact) mass is 315 g/mol. The first kappa shape index (κ1) is 17.3. The lowest BCUT2D eigenvalue weighted by Gasteiger charge is -2.13. The lowest BCUT2D eigenvalue weighted by molar-refractivity contribution is 0.218. The van der Waals surface area contributed by atoms with E-state index < -0.39 is 0 Å². The van der Waals surface area contributed by atoms with Crippen LogP contribution in [-0.4, -0.2) is 47.9 Å². The number of carbonyl (C=O) groups is 1. The molecule has 0 unspecified atom stereocenters. The van der Waals surface area contributed by atoms with Crippen molar-refractivity contribution >= 4 is 23.3 Å². The number of rotatable bonds is 7. The Morgan fingerprint density at radius 1 is 1.43 bits per heavy atom. The Morgan fingerprint density at radius 2 is 2.14 bits per heavy atom. The van der Waals surface area contributed by atoms with Gasteiger partial charge in [-0.2, -0.15) is 5.10 Å². The molecule has 0 spiro atoms. The number of hydrogen-bond donors (Lipinski definition) is 2. The van der Waals surface area contributed by atoms with E-state index in [9.17, 15) is 9.59 Å². The molecular formula is C13H22ClN5O2. The molecule has 1 heterocycles. The smallest absolute Gasteiger partial charge is 0.316 e. The highest BCUT2D eigenvalue weighted by Gasteiger charge is 2.09. The molecule has 118 valence electrons. The van der Waals surface area contributed by atoms with Gasteiger partial charge in [0.25, 0.3) is 5.56 Å². The van der Waals surface area contributed by atoms with Crippen molar-refractivity contribution in [3.63, 3.8) is 0 Å². The van der Waals surface area contributed by atoms with Crippen LogP contribution in [0, 0.1) is 0 Å². The van der Waals surface area contributed by atoms with Crippen LogP contribution >= 0.6 is 11.6 Å². The normalized spacial score (nSPS) is 10.3. The first-order valence-corrected chi connectivity index (χ1v) is 7.29. The van der Waals surface area contributed by atoms with Gasteiger partial charge in [0.1, 0.15) is 5.02 Å². The molecule has 0 saturated carbocycles. The van der Waals surface area contributed by atoms with Crippen LogP contribution in [0.15, 0.2) is 11.0 Å². The van der Waals surface area contributed by atoms with Crippen molar-refractivity contribution in [2.45, 2.75) is 26.3 Å². The molecule has 0 saturated heterocycles. The van der Waals surface area contributed by atoms with Gasteiger partial charge in [0.2, 0.25) is 0 Å². The van der Waals surface area contributed by atoms with Gasteiger partial charge in [-0.1, -0.05) is 24.9 Å². The largest absolute Gasteiger partial charge is 0.381 e. The second-order valence-corrected chi connectivity index (χ2v) is 5.19. The fourth-order valence-corrected chi connectivity index (χ4v) is 1.79. The Morgan fingerprint density at radius 3 is 2.76 bits per heavy atom. The molecule has 7 nitrogen and oxygen atoms in total. The number of aromatic nitrogens is 2. The summed E-state index contributed by atoms with van der Waals surface area (Å²) in [4.78, 5) is 24.7. The number of halogens is 1. The van der Waals surface area contributed by atoms with E-state index in [2.05, 4.69) is 15.7 Å². The van der Waals surface area contributed by atoms with Crippen molar-refractivity contribution < 1.29 is 4.79 Å². The Balaban J connectivity index is 2.55. The van der Waals surface area contributed by atoms with Crippen molar-refractivity contribution in [1.82, 2.24) is 20.0 Å². The zero-order valence-corrected chi connectivity index (χ0v) is 13.4. The van der Waals surface area contributed by atoms with Crippen LogP contribution in [0.25, 0.3) is 0 Å². The minimum Gasteiger partial charge on any atom is -0.381 e. The van der Waals surface area contributed by atoms with Crippen LogP contribution in [-0.2, 0) is 6.54 Å². The summed E-state index contributed by atoms with van der Waals surface area (Å²) in [7, 11) is 3.33. The van der Waals surface area contributed by atoms with Crippen molar-refractivity contribution in [3.05, 3.63) is 21.6 Å². The maximum absolute atomic E-state index is 12.0. The Bertz CT molecular complexity index is 530. The molecule has 1 aromatic heterocycles. The summed E-state index contributed by atoms with van der Waals surface area (Å²) in [5.41, 5.74) is 0.181. The van der Waals surface area contributed by atoms with Gasteiger partial charge >= 0.3 is 6.03 Å².